The van der Waals surface area contributed by atoms with E-state index in [2.05, 4.69) is 10.6 Å². The number of halogens is 1. The Kier molecular flexibility index (Phi) is 6.26. The highest BCUT2D eigenvalue weighted by atomic mass is 35.5. The van der Waals surface area contributed by atoms with E-state index >= 15 is 0 Å². The van der Waals surface area contributed by atoms with Crippen molar-refractivity contribution in [3.05, 3.63) is 63.8 Å². The monoisotopic (exact) mass is 369 g/mol. The second-order valence-corrected chi connectivity index (χ2v) is 6.32. The molecular formula is C20H20ClN3O2. The summed E-state index contributed by atoms with van der Waals surface area (Å²) in [4.78, 5) is 12.4. The molecule has 0 bridgehead atoms. The molecule has 0 radical (unpaired) electrons. The Bertz CT molecular complexity index is 891. The number of nitriles is 1. The minimum atomic E-state index is -0.553. The molecule has 2 rings (SSSR count). The minimum absolute atomic E-state index is 0.0635. The molecule has 0 saturated heterocycles. The number of aryl methyl sites for hydroxylation is 3. The Hall–Kier alpha value is -2.97. The lowest BCUT2D eigenvalue weighted by molar-refractivity contribution is -0.112. The van der Waals surface area contributed by atoms with Gasteiger partial charge in [0.15, 0.2) is 0 Å². The number of anilines is 2. The fourth-order valence-corrected chi connectivity index (χ4v) is 2.84. The first-order valence-electron chi connectivity index (χ1n) is 7.95. The van der Waals surface area contributed by atoms with Crippen LogP contribution in [0.5, 0.6) is 5.75 Å². The van der Waals surface area contributed by atoms with Gasteiger partial charge in [0, 0.05) is 16.9 Å². The molecule has 26 heavy (non-hydrogen) atoms. The van der Waals surface area contributed by atoms with E-state index in [1.165, 1.54) is 13.3 Å². The number of carbonyl (C=O) groups excluding carboxylic acids is 1. The average Bonchev–Trinajstić information content (AvgIpc) is 2.57. The van der Waals surface area contributed by atoms with Gasteiger partial charge in [-0.05, 0) is 50.1 Å². The molecule has 0 aliphatic heterocycles. The Morgan fingerprint density at radius 2 is 1.85 bits per heavy atom. The third kappa shape index (κ3) is 4.56. The molecule has 2 aromatic rings. The number of rotatable bonds is 5. The van der Waals surface area contributed by atoms with Crippen LogP contribution >= 0.6 is 11.6 Å². The van der Waals surface area contributed by atoms with Gasteiger partial charge in [0.1, 0.15) is 17.4 Å². The first-order valence-corrected chi connectivity index (χ1v) is 8.33. The van der Waals surface area contributed by atoms with Crippen molar-refractivity contribution in [2.24, 2.45) is 0 Å². The van der Waals surface area contributed by atoms with Gasteiger partial charge in [-0.3, -0.25) is 4.79 Å². The van der Waals surface area contributed by atoms with Gasteiger partial charge in [0.05, 0.1) is 12.8 Å². The predicted octanol–water partition coefficient (Wildman–Crippen LogP) is 4.73. The lowest BCUT2D eigenvalue weighted by Crippen LogP contribution is -2.15. The zero-order chi connectivity index (χ0) is 19.3. The molecule has 2 aromatic carbocycles. The number of benzene rings is 2. The van der Waals surface area contributed by atoms with Crippen LogP contribution in [0.15, 0.2) is 42.1 Å². The Balaban J connectivity index is 2.23. The smallest absolute Gasteiger partial charge is 0.267 e. The van der Waals surface area contributed by atoms with Gasteiger partial charge in [-0.15, -0.1) is 0 Å². The highest BCUT2D eigenvalue weighted by Gasteiger charge is 2.13. The lowest BCUT2D eigenvalue weighted by atomic mass is 10.1. The molecular weight excluding hydrogens is 350 g/mol. The largest absolute Gasteiger partial charge is 0.495 e. The summed E-state index contributed by atoms with van der Waals surface area (Å²) in [6, 6.07) is 10.8. The normalized spacial score (nSPS) is 10.8. The van der Waals surface area contributed by atoms with Crippen molar-refractivity contribution in [1.82, 2.24) is 0 Å². The zero-order valence-corrected chi connectivity index (χ0v) is 15.9. The summed E-state index contributed by atoms with van der Waals surface area (Å²) in [5, 5.41) is 15.5. The summed E-state index contributed by atoms with van der Waals surface area (Å²) in [5.74, 6) is -0.0961. The van der Waals surface area contributed by atoms with Crippen molar-refractivity contribution in [1.29, 1.82) is 5.26 Å². The van der Waals surface area contributed by atoms with E-state index in [0.717, 1.165) is 22.4 Å². The first-order chi connectivity index (χ1) is 12.3. The Morgan fingerprint density at radius 3 is 2.42 bits per heavy atom. The number of hydrogen-bond acceptors (Lipinski definition) is 4. The van der Waals surface area contributed by atoms with E-state index in [9.17, 15) is 10.1 Å². The molecule has 0 heterocycles. The number of carbonyl (C=O) groups is 1. The van der Waals surface area contributed by atoms with Crippen molar-refractivity contribution < 1.29 is 9.53 Å². The summed E-state index contributed by atoms with van der Waals surface area (Å²) < 4.78 is 5.20. The molecule has 0 saturated carbocycles. The topological polar surface area (TPSA) is 74.1 Å². The predicted molar refractivity (Wildman–Crippen MR) is 105 cm³/mol. The van der Waals surface area contributed by atoms with Crippen LogP contribution in [0, 0.1) is 32.1 Å². The highest BCUT2D eigenvalue weighted by Crippen LogP contribution is 2.28. The fourth-order valence-electron chi connectivity index (χ4n) is 2.67. The number of hydrogen-bond donors (Lipinski definition) is 2. The summed E-state index contributed by atoms with van der Waals surface area (Å²) >= 11 is 5.96. The highest BCUT2D eigenvalue weighted by molar-refractivity contribution is 6.31. The van der Waals surface area contributed by atoms with Crippen LogP contribution in [0.2, 0.25) is 5.02 Å². The number of amides is 1. The standard InChI is InChI=1S/C20H20ClN3O2/c1-12-7-13(2)19(14(3)8-12)23-11-15(10-22)20(25)24-17-9-16(21)5-6-18(17)26-4/h5-9,11,23H,1-4H3,(H,24,25)/b15-11-. The van der Waals surface area contributed by atoms with Crippen molar-refractivity contribution in [3.8, 4) is 11.8 Å². The zero-order valence-electron chi connectivity index (χ0n) is 15.1. The van der Waals surface area contributed by atoms with E-state index in [0.29, 0.717) is 16.5 Å². The van der Waals surface area contributed by atoms with E-state index in [-0.39, 0.29) is 5.57 Å². The van der Waals surface area contributed by atoms with Crippen LogP contribution in [0.4, 0.5) is 11.4 Å². The first kappa shape index (κ1) is 19.4. The summed E-state index contributed by atoms with van der Waals surface area (Å²) in [5.41, 5.74) is 4.43. The molecule has 0 aliphatic carbocycles. The van der Waals surface area contributed by atoms with Gasteiger partial charge < -0.3 is 15.4 Å². The molecule has 0 aliphatic rings. The molecule has 0 unspecified atom stereocenters. The van der Waals surface area contributed by atoms with Gasteiger partial charge in [0.25, 0.3) is 5.91 Å². The van der Waals surface area contributed by atoms with E-state index in [1.807, 2.05) is 39.0 Å². The Labute approximate surface area is 158 Å². The second kappa shape index (κ2) is 8.41. The quantitative estimate of drug-likeness (QED) is 0.590. The maximum absolute atomic E-state index is 12.4. The van der Waals surface area contributed by atoms with Gasteiger partial charge in [-0.2, -0.15) is 5.26 Å². The third-order valence-corrected chi connectivity index (χ3v) is 4.05. The van der Waals surface area contributed by atoms with E-state index in [4.69, 9.17) is 16.3 Å². The maximum Gasteiger partial charge on any atom is 0.267 e. The lowest BCUT2D eigenvalue weighted by Gasteiger charge is -2.12. The van der Waals surface area contributed by atoms with Crippen molar-refractivity contribution in [2.45, 2.75) is 20.8 Å². The second-order valence-electron chi connectivity index (χ2n) is 5.89. The molecule has 0 atom stereocenters. The summed E-state index contributed by atoms with van der Waals surface area (Å²) in [6.07, 6.45) is 1.40. The number of ether oxygens (including phenoxy) is 1. The Morgan fingerprint density at radius 1 is 1.19 bits per heavy atom. The average molecular weight is 370 g/mol. The molecule has 0 fully saturated rings. The van der Waals surface area contributed by atoms with Gasteiger partial charge in [-0.25, -0.2) is 0 Å². The number of methoxy groups -OCH3 is 1. The van der Waals surface area contributed by atoms with Crippen LogP contribution in [0.3, 0.4) is 0 Å². The van der Waals surface area contributed by atoms with Crippen LogP contribution < -0.4 is 15.4 Å². The third-order valence-electron chi connectivity index (χ3n) is 3.81. The SMILES string of the molecule is COc1ccc(Cl)cc1NC(=O)/C(C#N)=C\Nc1c(C)cc(C)cc1C. The van der Waals surface area contributed by atoms with E-state index in [1.54, 1.807) is 18.2 Å². The van der Waals surface area contributed by atoms with Crippen molar-refractivity contribution >= 4 is 28.9 Å². The van der Waals surface area contributed by atoms with Crippen LogP contribution in [0.1, 0.15) is 16.7 Å². The van der Waals surface area contributed by atoms with Crippen LogP contribution in [-0.2, 0) is 4.79 Å². The summed E-state index contributed by atoms with van der Waals surface area (Å²) in [7, 11) is 1.49. The van der Waals surface area contributed by atoms with Crippen LogP contribution in [0.25, 0.3) is 0 Å². The fraction of sp³-hybridized carbons (Fsp3) is 0.200. The summed E-state index contributed by atoms with van der Waals surface area (Å²) in [6.45, 7) is 5.96. The molecule has 6 heteroatoms. The van der Waals surface area contributed by atoms with Crippen molar-refractivity contribution in [3.63, 3.8) is 0 Å². The van der Waals surface area contributed by atoms with Gasteiger partial charge in [-0.1, -0.05) is 29.3 Å². The van der Waals surface area contributed by atoms with Crippen LogP contribution in [-0.4, -0.2) is 13.0 Å². The molecule has 134 valence electrons. The van der Waals surface area contributed by atoms with E-state index < -0.39 is 5.91 Å². The van der Waals surface area contributed by atoms with Gasteiger partial charge in [0.2, 0.25) is 0 Å². The molecule has 0 aromatic heterocycles. The molecule has 5 nitrogen and oxygen atoms in total. The molecule has 0 spiro atoms. The number of nitrogens with zero attached hydrogens (tertiary/aromatic N) is 1. The maximum atomic E-state index is 12.4. The van der Waals surface area contributed by atoms with Gasteiger partial charge >= 0.3 is 0 Å². The van der Waals surface area contributed by atoms with Crippen molar-refractivity contribution in [2.75, 3.05) is 17.7 Å². The number of nitrogens with one attached hydrogen (secondary N) is 2. The minimum Gasteiger partial charge on any atom is -0.495 e. The molecule has 2 N–H and O–H groups in total. The molecule has 1 amide bonds.